The standard InChI is InChI=1S/C8H16N2O3/c1-4-8(3,7(12)13)10-6(11)5(2)9/h5H,4,9H2,1-3H3,(H,10,11)(H,12,13). The van der Waals surface area contributed by atoms with Gasteiger partial charge in [0.15, 0.2) is 0 Å². The number of carbonyl (C=O) groups is 2. The second kappa shape index (κ2) is 4.23. The molecule has 0 aliphatic rings. The molecule has 0 saturated carbocycles. The van der Waals surface area contributed by atoms with E-state index in [4.69, 9.17) is 10.8 Å². The van der Waals surface area contributed by atoms with Crippen molar-refractivity contribution in [3.05, 3.63) is 0 Å². The van der Waals surface area contributed by atoms with Crippen molar-refractivity contribution in [1.82, 2.24) is 5.32 Å². The molecule has 0 saturated heterocycles. The van der Waals surface area contributed by atoms with Crippen molar-refractivity contribution in [3.8, 4) is 0 Å². The molecule has 0 radical (unpaired) electrons. The molecule has 0 heterocycles. The lowest BCUT2D eigenvalue weighted by atomic mass is 9.99. The maximum atomic E-state index is 11.1. The first-order valence-electron chi connectivity index (χ1n) is 4.14. The summed E-state index contributed by atoms with van der Waals surface area (Å²) < 4.78 is 0. The Kier molecular flexibility index (Phi) is 3.87. The summed E-state index contributed by atoms with van der Waals surface area (Å²) in [5.41, 5.74) is 4.08. The third-order valence-corrected chi connectivity index (χ3v) is 1.99. The predicted molar refractivity (Wildman–Crippen MR) is 48.1 cm³/mol. The van der Waals surface area contributed by atoms with Crippen molar-refractivity contribution in [2.45, 2.75) is 38.8 Å². The number of aliphatic carboxylic acids is 1. The molecule has 4 N–H and O–H groups in total. The van der Waals surface area contributed by atoms with E-state index in [-0.39, 0.29) is 0 Å². The number of rotatable bonds is 4. The van der Waals surface area contributed by atoms with Crippen LogP contribution in [0.4, 0.5) is 0 Å². The van der Waals surface area contributed by atoms with Crippen molar-refractivity contribution in [2.24, 2.45) is 5.73 Å². The predicted octanol–water partition coefficient (Wildman–Crippen LogP) is -0.297. The van der Waals surface area contributed by atoms with Gasteiger partial charge < -0.3 is 16.2 Å². The number of carboxylic acid groups (broad SMARTS) is 1. The summed E-state index contributed by atoms with van der Waals surface area (Å²) >= 11 is 0. The van der Waals surface area contributed by atoms with Crippen molar-refractivity contribution < 1.29 is 14.7 Å². The molecule has 0 rings (SSSR count). The zero-order valence-corrected chi connectivity index (χ0v) is 8.13. The Labute approximate surface area is 77.3 Å². The van der Waals surface area contributed by atoms with Gasteiger partial charge in [-0.2, -0.15) is 0 Å². The minimum absolute atomic E-state index is 0.320. The summed E-state index contributed by atoms with van der Waals surface area (Å²) in [6.45, 7) is 4.65. The fourth-order valence-corrected chi connectivity index (χ4v) is 0.679. The molecule has 1 amide bonds. The SMILES string of the molecule is CCC(C)(NC(=O)C(C)N)C(=O)O. The molecular formula is C8H16N2O3. The van der Waals surface area contributed by atoms with E-state index in [1.54, 1.807) is 6.92 Å². The first kappa shape index (κ1) is 11.9. The van der Waals surface area contributed by atoms with Crippen LogP contribution in [0.2, 0.25) is 0 Å². The molecule has 0 spiro atoms. The van der Waals surface area contributed by atoms with E-state index in [0.29, 0.717) is 6.42 Å². The molecule has 2 atom stereocenters. The zero-order chi connectivity index (χ0) is 10.6. The highest BCUT2D eigenvalue weighted by Gasteiger charge is 2.33. The van der Waals surface area contributed by atoms with Gasteiger partial charge in [0.1, 0.15) is 5.54 Å². The van der Waals surface area contributed by atoms with E-state index in [0.717, 1.165) is 0 Å². The number of hydrogen-bond acceptors (Lipinski definition) is 3. The summed E-state index contributed by atoms with van der Waals surface area (Å²) in [4.78, 5) is 21.9. The van der Waals surface area contributed by atoms with Crippen molar-refractivity contribution in [1.29, 1.82) is 0 Å². The Hall–Kier alpha value is -1.10. The average Bonchev–Trinajstić information content (AvgIpc) is 2.03. The van der Waals surface area contributed by atoms with E-state index < -0.39 is 23.5 Å². The largest absolute Gasteiger partial charge is 0.480 e. The molecule has 0 aromatic carbocycles. The Morgan fingerprint density at radius 1 is 1.62 bits per heavy atom. The van der Waals surface area contributed by atoms with E-state index in [9.17, 15) is 9.59 Å². The molecular weight excluding hydrogens is 172 g/mol. The van der Waals surface area contributed by atoms with Gasteiger partial charge in [-0.1, -0.05) is 6.92 Å². The molecule has 0 aromatic rings. The fourth-order valence-electron chi connectivity index (χ4n) is 0.679. The van der Waals surface area contributed by atoms with E-state index >= 15 is 0 Å². The molecule has 5 nitrogen and oxygen atoms in total. The molecule has 0 aliphatic carbocycles. The summed E-state index contributed by atoms with van der Waals surface area (Å²) in [6.07, 6.45) is 0.320. The first-order chi connectivity index (χ1) is 5.83. The van der Waals surface area contributed by atoms with Gasteiger partial charge in [0.2, 0.25) is 5.91 Å². The summed E-state index contributed by atoms with van der Waals surface area (Å²) in [6, 6.07) is -0.690. The van der Waals surface area contributed by atoms with Gasteiger partial charge in [0, 0.05) is 0 Å². The number of amides is 1. The second-order valence-corrected chi connectivity index (χ2v) is 3.27. The quantitative estimate of drug-likeness (QED) is 0.565. The van der Waals surface area contributed by atoms with Crippen LogP contribution in [-0.4, -0.2) is 28.6 Å². The molecule has 5 heteroatoms. The third-order valence-electron chi connectivity index (χ3n) is 1.99. The summed E-state index contributed by atoms with van der Waals surface area (Å²) in [5.74, 6) is -1.50. The Morgan fingerprint density at radius 3 is 2.31 bits per heavy atom. The van der Waals surface area contributed by atoms with Crippen LogP contribution in [0, 0.1) is 0 Å². The maximum Gasteiger partial charge on any atom is 0.329 e. The number of nitrogens with two attached hydrogens (primary N) is 1. The van der Waals surface area contributed by atoms with Gasteiger partial charge in [0.05, 0.1) is 6.04 Å². The molecule has 13 heavy (non-hydrogen) atoms. The summed E-state index contributed by atoms with van der Waals surface area (Å²) in [7, 11) is 0. The number of hydrogen-bond donors (Lipinski definition) is 3. The smallest absolute Gasteiger partial charge is 0.329 e. The Morgan fingerprint density at radius 2 is 2.08 bits per heavy atom. The summed E-state index contributed by atoms with van der Waals surface area (Å²) in [5, 5.41) is 11.2. The zero-order valence-electron chi connectivity index (χ0n) is 8.13. The molecule has 0 bridgehead atoms. The van der Waals surface area contributed by atoms with Gasteiger partial charge in [-0.15, -0.1) is 0 Å². The Balaban J connectivity index is 4.45. The number of nitrogens with one attached hydrogen (secondary N) is 1. The highest BCUT2D eigenvalue weighted by Crippen LogP contribution is 2.08. The normalized spacial score (nSPS) is 17.2. The van der Waals surface area contributed by atoms with Gasteiger partial charge >= 0.3 is 5.97 Å². The Bertz CT molecular complexity index is 215. The lowest BCUT2D eigenvalue weighted by Gasteiger charge is -2.25. The highest BCUT2D eigenvalue weighted by molar-refractivity contribution is 5.88. The van der Waals surface area contributed by atoms with Gasteiger partial charge in [-0.3, -0.25) is 4.79 Å². The van der Waals surface area contributed by atoms with E-state index in [1.165, 1.54) is 13.8 Å². The minimum atomic E-state index is -1.22. The van der Waals surface area contributed by atoms with Crippen molar-refractivity contribution in [2.75, 3.05) is 0 Å². The van der Waals surface area contributed by atoms with Gasteiger partial charge in [-0.25, -0.2) is 4.79 Å². The lowest BCUT2D eigenvalue weighted by molar-refractivity contribution is -0.147. The van der Waals surface area contributed by atoms with Gasteiger partial charge in [0.25, 0.3) is 0 Å². The topological polar surface area (TPSA) is 92.4 Å². The maximum absolute atomic E-state index is 11.1. The molecule has 0 fully saturated rings. The highest BCUT2D eigenvalue weighted by atomic mass is 16.4. The second-order valence-electron chi connectivity index (χ2n) is 3.27. The molecule has 0 aliphatic heterocycles. The van der Waals surface area contributed by atoms with Crippen molar-refractivity contribution >= 4 is 11.9 Å². The monoisotopic (exact) mass is 188 g/mol. The molecule has 0 aromatic heterocycles. The van der Waals surface area contributed by atoms with Crippen molar-refractivity contribution in [3.63, 3.8) is 0 Å². The van der Waals surface area contributed by atoms with E-state index in [2.05, 4.69) is 5.32 Å². The minimum Gasteiger partial charge on any atom is -0.480 e. The third kappa shape index (κ3) is 3.02. The van der Waals surface area contributed by atoms with E-state index in [1.807, 2.05) is 0 Å². The van der Waals surface area contributed by atoms with Crippen LogP contribution in [0.1, 0.15) is 27.2 Å². The van der Waals surface area contributed by atoms with Crippen LogP contribution in [0.5, 0.6) is 0 Å². The first-order valence-corrected chi connectivity index (χ1v) is 4.14. The van der Waals surface area contributed by atoms with Crippen LogP contribution >= 0.6 is 0 Å². The number of carbonyl (C=O) groups excluding carboxylic acids is 1. The van der Waals surface area contributed by atoms with Crippen LogP contribution < -0.4 is 11.1 Å². The van der Waals surface area contributed by atoms with Crippen LogP contribution in [0.3, 0.4) is 0 Å². The molecule has 76 valence electrons. The van der Waals surface area contributed by atoms with Crippen LogP contribution in [0.25, 0.3) is 0 Å². The molecule has 2 unspecified atom stereocenters. The van der Waals surface area contributed by atoms with Gasteiger partial charge in [-0.05, 0) is 20.3 Å². The fraction of sp³-hybridized carbons (Fsp3) is 0.750. The lowest BCUT2D eigenvalue weighted by Crippen LogP contribution is -2.55. The number of carboxylic acids is 1. The van der Waals surface area contributed by atoms with Crippen LogP contribution in [-0.2, 0) is 9.59 Å². The van der Waals surface area contributed by atoms with Crippen LogP contribution in [0.15, 0.2) is 0 Å². The average molecular weight is 188 g/mol.